The Morgan fingerprint density at radius 3 is 2.54 bits per heavy atom. The van der Waals surface area contributed by atoms with Crippen molar-refractivity contribution in [1.82, 2.24) is 9.78 Å². The largest absolute Gasteiger partial charge is 0.416 e. The van der Waals surface area contributed by atoms with Gasteiger partial charge in [-0.25, -0.2) is 4.68 Å². The smallest absolute Gasteiger partial charge is 0.324 e. The molecule has 144 valence electrons. The lowest BCUT2D eigenvalue weighted by molar-refractivity contribution is -0.137. The average molecular weight is 452 g/mol. The molecule has 2 aromatic carbocycles. The third kappa shape index (κ3) is 4.86. The number of aromatic nitrogens is 2. The highest BCUT2D eigenvalue weighted by Gasteiger charge is 2.30. The van der Waals surface area contributed by atoms with Gasteiger partial charge in [-0.3, -0.25) is 9.59 Å². The van der Waals surface area contributed by atoms with Crippen molar-refractivity contribution in [1.29, 1.82) is 0 Å². The van der Waals surface area contributed by atoms with Crippen LogP contribution in [0.25, 0.3) is 11.3 Å². The molecule has 0 unspecified atom stereocenters. The van der Waals surface area contributed by atoms with Crippen molar-refractivity contribution >= 4 is 27.5 Å². The normalized spacial score (nSPS) is 11.3. The Morgan fingerprint density at radius 2 is 1.82 bits per heavy atom. The summed E-state index contributed by atoms with van der Waals surface area (Å²) < 4.78 is 40.1. The molecular formula is C19H13BrF3N3O2. The summed E-state index contributed by atoms with van der Waals surface area (Å²) in [5.74, 6) is -0.666. The third-order valence-electron chi connectivity index (χ3n) is 3.75. The third-order valence-corrected chi connectivity index (χ3v) is 4.25. The van der Waals surface area contributed by atoms with Gasteiger partial charge in [0.1, 0.15) is 6.54 Å². The number of rotatable bonds is 4. The number of alkyl halides is 3. The molecule has 1 N–H and O–H groups in total. The van der Waals surface area contributed by atoms with Gasteiger partial charge in [-0.2, -0.15) is 18.3 Å². The zero-order valence-corrected chi connectivity index (χ0v) is 15.8. The molecule has 0 spiro atoms. The van der Waals surface area contributed by atoms with Crippen LogP contribution in [0.2, 0.25) is 0 Å². The first-order valence-electron chi connectivity index (χ1n) is 8.03. The minimum Gasteiger partial charge on any atom is -0.324 e. The molecule has 0 aliphatic carbocycles. The van der Waals surface area contributed by atoms with Gasteiger partial charge in [-0.05, 0) is 36.4 Å². The van der Waals surface area contributed by atoms with E-state index in [1.54, 1.807) is 18.2 Å². The van der Waals surface area contributed by atoms with Crippen molar-refractivity contribution in [3.8, 4) is 11.3 Å². The molecule has 0 atom stereocenters. The van der Waals surface area contributed by atoms with Gasteiger partial charge >= 0.3 is 6.18 Å². The van der Waals surface area contributed by atoms with Gasteiger partial charge in [0.15, 0.2) is 0 Å². The summed E-state index contributed by atoms with van der Waals surface area (Å²) in [4.78, 5) is 24.2. The molecule has 3 rings (SSSR count). The second kappa shape index (κ2) is 7.97. The quantitative estimate of drug-likeness (QED) is 0.641. The SMILES string of the molecule is O=C(Cn1nc(-c2cccc(Br)c2)ccc1=O)Nc1cccc(C(F)(F)F)c1. The molecule has 28 heavy (non-hydrogen) atoms. The van der Waals surface area contributed by atoms with Crippen molar-refractivity contribution in [2.45, 2.75) is 12.7 Å². The van der Waals surface area contributed by atoms with Crippen LogP contribution in [-0.4, -0.2) is 15.7 Å². The molecule has 1 amide bonds. The Bertz CT molecular complexity index is 1080. The number of hydrogen-bond acceptors (Lipinski definition) is 3. The van der Waals surface area contributed by atoms with Crippen LogP contribution in [0.4, 0.5) is 18.9 Å². The van der Waals surface area contributed by atoms with Crippen LogP contribution in [0.3, 0.4) is 0 Å². The van der Waals surface area contributed by atoms with E-state index in [0.717, 1.165) is 26.9 Å². The van der Waals surface area contributed by atoms with Crippen LogP contribution < -0.4 is 10.9 Å². The fraction of sp³-hybridized carbons (Fsp3) is 0.105. The second-order valence-electron chi connectivity index (χ2n) is 5.85. The summed E-state index contributed by atoms with van der Waals surface area (Å²) in [6.07, 6.45) is -4.52. The van der Waals surface area contributed by atoms with Gasteiger partial charge in [0.2, 0.25) is 5.91 Å². The van der Waals surface area contributed by atoms with Crippen LogP contribution in [0, 0.1) is 0 Å². The van der Waals surface area contributed by atoms with E-state index in [9.17, 15) is 22.8 Å². The summed E-state index contributed by atoms with van der Waals surface area (Å²) >= 11 is 3.35. The molecule has 0 aliphatic heterocycles. The highest BCUT2D eigenvalue weighted by Crippen LogP contribution is 2.30. The molecule has 5 nitrogen and oxygen atoms in total. The molecule has 0 saturated heterocycles. The van der Waals surface area contributed by atoms with E-state index in [-0.39, 0.29) is 5.69 Å². The van der Waals surface area contributed by atoms with Gasteiger partial charge in [0, 0.05) is 21.8 Å². The van der Waals surface area contributed by atoms with E-state index in [0.29, 0.717) is 5.69 Å². The first-order valence-corrected chi connectivity index (χ1v) is 8.83. The predicted molar refractivity (Wildman–Crippen MR) is 102 cm³/mol. The van der Waals surface area contributed by atoms with Crippen molar-refractivity contribution in [3.05, 3.63) is 81.1 Å². The van der Waals surface area contributed by atoms with Crippen molar-refractivity contribution in [3.63, 3.8) is 0 Å². The van der Waals surface area contributed by atoms with Gasteiger partial charge in [-0.15, -0.1) is 0 Å². The molecule has 9 heteroatoms. The lowest BCUT2D eigenvalue weighted by Crippen LogP contribution is -2.29. The summed E-state index contributed by atoms with van der Waals surface area (Å²) in [5, 5.41) is 6.52. The van der Waals surface area contributed by atoms with E-state index < -0.39 is 29.8 Å². The number of halogens is 4. The minimum atomic E-state index is -4.52. The van der Waals surface area contributed by atoms with Crippen molar-refractivity contribution in [2.75, 3.05) is 5.32 Å². The summed E-state index contributed by atoms with van der Waals surface area (Å²) in [7, 11) is 0. The number of nitrogens with zero attached hydrogens (tertiary/aromatic N) is 2. The summed E-state index contributed by atoms with van der Waals surface area (Å²) in [6.45, 7) is -0.434. The van der Waals surface area contributed by atoms with E-state index in [2.05, 4.69) is 26.3 Å². The molecule has 3 aromatic rings. The molecule has 0 aliphatic rings. The zero-order valence-electron chi connectivity index (χ0n) is 14.2. The Kier molecular flexibility index (Phi) is 5.64. The number of hydrogen-bond donors (Lipinski definition) is 1. The Hall–Kier alpha value is -2.94. The molecule has 0 radical (unpaired) electrons. The maximum atomic E-state index is 12.8. The van der Waals surface area contributed by atoms with E-state index in [1.165, 1.54) is 24.3 Å². The lowest BCUT2D eigenvalue weighted by Gasteiger charge is -2.11. The fourth-order valence-corrected chi connectivity index (χ4v) is 2.87. The number of carbonyl (C=O) groups excluding carboxylic acids is 1. The Labute approximate surface area is 165 Å². The molecular weight excluding hydrogens is 439 g/mol. The first-order chi connectivity index (χ1) is 13.2. The van der Waals surface area contributed by atoms with Gasteiger partial charge in [0.05, 0.1) is 11.3 Å². The predicted octanol–water partition coefficient (Wildman–Crippen LogP) is 4.33. The maximum absolute atomic E-state index is 12.8. The highest BCUT2D eigenvalue weighted by molar-refractivity contribution is 9.10. The van der Waals surface area contributed by atoms with E-state index in [4.69, 9.17) is 0 Å². The molecule has 0 bridgehead atoms. The first kappa shape index (κ1) is 19.8. The van der Waals surface area contributed by atoms with Crippen LogP contribution in [0.5, 0.6) is 0 Å². The topological polar surface area (TPSA) is 64.0 Å². The standard InChI is InChI=1S/C19H13BrF3N3O2/c20-14-5-1-3-12(9-14)16-7-8-18(28)26(25-16)11-17(27)24-15-6-2-4-13(10-15)19(21,22)23/h1-10H,11H2,(H,24,27). The van der Waals surface area contributed by atoms with E-state index in [1.807, 2.05) is 6.07 Å². The van der Waals surface area contributed by atoms with Crippen LogP contribution in [-0.2, 0) is 17.5 Å². The highest BCUT2D eigenvalue weighted by atomic mass is 79.9. The van der Waals surface area contributed by atoms with Crippen molar-refractivity contribution < 1.29 is 18.0 Å². The zero-order chi connectivity index (χ0) is 20.3. The number of anilines is 1. The van der Waals surface area contributed by atoms with Crippen LogP contribution in [0.15, 0.2) is 69.9 Å². The number of benzene rings is 2. The Morgan fingerprint density at radius 1 is 1.07 bits per heavy atom. The Balaban J connectivity index is 1.79. The molecule has 1 heterocycles. The van der Waals surface area contributed by atoms with Gasteiger partial charge in [0.25, 0.3) is 5.56 Å². The molecule has 0 saturated carbocycles. The monoisotopic (exact) mass is 451 g/mol. The second-order valence-corrected chi connectivity index (χ2v) is 6.77. The average Bonchev–Trinajstić information content (AvgIpc) is 2.63. The molecule has 1 aromatic heterocycles. The van der Waals surface area contributed by atoms with Gasteiger partial charge in [-0.1, -0.05) is 34.1 Å². The lowest BCUT2D eigenvalue weighted by atomic mass is 10.1. The maximum Gasteiger partial charge on any atom is 0.416 e. The van der Waals surface area contributed by atoms with Gasteiger partial charge < -0.3 is 5.32 Å². The summed E-state index contributed by atoms with van der Waals surface area (Å²) in [5.41, 5.74) is -0.180. The summed E-state index contributed by atoms with van der Waals surface area (Å²) in [6, 6.07) is 14.3. The fourth-order valence-electron chi connectivity index (χ4n) is 2.47. The van der Waals surface area contributed by atoms with E-state index >= 15 is 0 Å². The van der Waals surface area contributed by atoms with Crippen LogP contribution in [0.1, 0.15) is 5.56 Å². The minimum absolute atomic E-state index is 0.0176. The van der Waals surface area contributed by atoms with Crippen LogP contribution >= 0.6 is 15.9 Å². The number of amides is 1. The number of nitrogens with one attached hydrogen (secondary N) is 1. The van der Waals surface area contributed by atoms with Crippen molar-refractivity contribution in [2.24, 2.45) is 0 Å². The number of carbonyl (C=O) groups is 1. The molecule has 0 fully saturated rings.